The van der Waals surface area contributed by atoms with E-state index in [1.54, 1.807) is 0 Å². The molecule has 0 atom stereocenters. The van der Waals surface area contributed by atoms with Gasteiger partial charge in [0.25, 0.3) is 0 Å². The molecule has 0 fully saturated rings. The van der Waals surface area contributed by atoms with Crippen molar-refractivity contribution < 1.29 is 1.37 Å². The predicted octanol–water partition coefficient (Wildman–Crippen LogP) is 4.24. The molecule has 2 heteroatoms. The van der Waals surface area contributed by atoms with Gasteiger partial charge in [-0.15, -0.1) is 0 Å². The van der Waals surface area contributed by atoms with Gasteiger partial charge in [0.1, 0.15) is 5.82 Å². The zero-order valence-corrected chi connectivity index (χ0v) is 10.3. The molecule has 0 aliphatic carbocycles. The first kappa shape index (κ1) is 9.45. The largest absolute Gasteiger partial charge is 0.241 e. The van der Waals surface area contributed by atoms with Crippen LogP contribution in [0.4, 0.5) is 0 Å². The van der Waals surface area contributed by atoms with Crippen LogP contribution in [-0.2, 0) is 0 Å². The molecular formula is C17H12N2. The summed E-state index contributed by atoms with van der Waals surface area (Å²) in [5.41, 5.74) is 0.941. The van der Waals surface area contributed by atoms with E-state index in [0.717, 1.165) is 21.7 Å². The maximum Gasteiger partial charge on any atom is 0.125 e. The fourth-order valence-electron chi connectivity index (χ4n) is 2.70. The molecule has 0 amide bonds. The van der Waals surface area contributed by atoms with Crippen molar-refractivity contribution in [2.45, 2.75) is 6.90 Å². The van der Waals surface area contributed by atoms with Crippen molar-refractivity contribution in [3.8, 4) is 0 Å². The van der Waals surface area contributed by atoms with Crippen LogP contribution in [0.15, 0.2) is 54.7 Å². The Bertz CT molecular complexity index is 912. The van der Waals surface area contributed by atoms with Crippen LogP contribution in [0.2, 0.25) is 0 Å². The molecule has 0 saturated carbocycles. The number of hydrogen-bond donors (Lipinski definition) is 0. The second-order valence-electron chi connectivity index (χ2n) is 4.64. The first-order chi connectivity index (χ1) is 9.88. The van der Waals surface area contributed by atoms with E-state index < -0.39 is 0 Å². The highest BCUT2D eigenvalue weighted by Gasteiger charge is 2.08. The maximum atomic E-state index is 7.46. The van der Waals surface area contributed by atoms with Gasteiger partial charge in [0.2, 0.25) is 0 Å². The summed E-state index contributed by atoms with van der Waals surface area (Å²) < 4.78 is 7.46. The number of fused-ring (bicyclic) bond motifs is 6. The van der Waals surface area contributed by atoms with Crippen LogP contribution in [0, 0.1) is 6.90 Å². The van der Waals surface area contributed by atoms with Crippen molar-refractivity contribution in [2.24, 2.45) is 0 Å². The van der Waals surface area contributed by atoms with E-state index in [0.29, 0.717) is 5.82 Å². The lowest BCUT2D eigenvalue weighted by atomic mass is 9.98. The van der Waals surface area contributed by atoms with Crippen LogP contribution in [0.5, 0.6) is 0 Å². The number of hydrogen-bond acceptors (Lipinski definition) is 2. The van der Waals surface area contributed by atoms with Crippen molar-refractivity contribution in [2.75, 3.05) is 0 Å². The molecule has 4 rings (SSSR count). The Morgan fingerprint density at radius 3 is 2.05 bits per heavy atom. The van der Waals surface area contributed by atoms with Gasteiger partial charge in [-0.1, -0.05) is 48.5 Å². The quantitative estimate of drug-likeness (QED) is 0.433. The number of aromatic nitrogens is 2. The number of benzene rings is 3. The molecule has 2 nitrogen and oxygen atoms in total. The van der Waals surface area contributed by atoms with E-state index >= 15 is 0 Å². The molecule has 3 aromatic carbocycles. The summed E-state index contributed by atoms with van der Waals surface area (Å²) >= 11 is 0. The first-order valence-corrected chi connectivity index (χ1v) is 6.23. The van der Waals surface area contributed by atoms with Crippen molar-refractivity contribution in [3.05, 3.63) is 60.6 Å². The summed E-state index contributed by atoms with van der Waals surface area (Å²) in [5.74, 6) is 0.568. The van der Waals surface area contributed by atoms with E-state index in [1.165, 1.54) is 10.8 Å². The molecule has 0 unspecified atom stereocenters. The Kier molecular flexibility index (Phi) is 1.87. The predicted molar refractivity (Wildman–Crippen MR) is 79.3 cm³/mol. The van der Waals surface area contributed by atoms with E-state index in [2.05, 4.69) is 40.3 Å². The van der Waals surface area contributed by atoms with E-state index in [1.807, 2.05) is 24.4 Å². The second kappa shape index (κ2) is 3.75. The summed E-state index contributed by atoms with van der Waals surface area (Å²) in [4.78, 5) is 8.86. The van der Waals surface area contributed by atoms with Crippen LogP contribution in [0.1, 0.15) is 7.20 Å². The summed E-state index contributed by atoms with van der Waals surface area (Å²) in [5, 5.41) is 5.76. The van der Waals surface area contributed by atoms with Gasteiger partial charge in [-0.05, 0) is 23.1 Å². The number of nitrogens with zero attached hydrogens (tertiary/aromatic N) is 2. The van der Waals surface area contributed by atoms with Gasteiger partial charge < -0.3 is 0 Å². The highest BCUT2D eigenvalue weighted by molar-refractivity contribution is 6.23. The zero-order chi connectivity index (χ0) is 13.5. The van der Waals surface area contributed by atoms with Crippen LogP contribution in [-0.4, -0.2) is 9.97 Å². The van der Waals surface area contributed by atoms with Gasteiger partial charge in [-0.25, -0.2) is 9.97 Å². The van der Waals surface area contributed by atoms with Crippen molar-refractivity contribution in [3.63, 3.8) is 0 Å². The van der Waals surface area contributed by atoms with E-state index in [9.17, 15) is 0 Å². The fourth-order valence-corrected chi connectivity index (χ4v) is 2.70. The lowest BCUT2D eigenvalue weighted by Gasteiger charge is -2.09. The van der Waals surface area contributed by atoms with Crippen LogP contribution in [0.25, 0.3) is 32.4 Å². The van der Waals surface area contributed by atoms with Gasteiger partial charge in [0.05, 0.1) is 5.52 Å². The molecule has 0 N–H and O–H groups in total. The summed E-state index contributed by atoms with van der Waals surface area (Å²) in [7, 11) is 0. The average molecular weight is 245 g/mol. The van der Waals surface area contributed by atoms with Gasteiger partial charge in [-0.2, -0.15) is 0 Å². The van der Waals surface area contributed by atoms with Gasteiger partial charge in [0, 0.05) is 18.3 Å². The summed E-state index contributed by atoms with van der Waals surface area (Å²) in [6, 6.07) is 16.6. The van der Waals surface area contributed by atoms with E-state index in [4.69, 9.17) is 1.37 Å². The minimum Gasteiger partial charge on any atom is -0.241 e. The highest BCUT2D eigenvalue weighted by atomic mass is 14.9. The molecule has 4 aromatic rings. The lowest BCUT2D eigenvalue weighted by molar-refractivity contribution is 1.10. The topological polar surface area (TPSA) is 25.8 Å². The monoisotopic (exact) mass is 245 g/mol. The minimum atomic E-state index is 0.108. The SMILES string of the molecule is [2H]Cc1ncc2c3ccccc3c3ccccc3c2n1. The molecule has 0 saturated heterocycles. The summed E-state index contributed by atoms with van der Waals surface area (Å²) in [6.07, 6.45) is 1.85. The van der Waals surface area contributed by atoms with Crippen LogP contribution < -0.4 is 0 Å². The maximum absolute atomic E-state index is 7.46. The third kappa shape index (κ3) is 1.43. The lowest BCUT2D eigenvalue weighted by Crippen LogP contribution is -1.90. The second-order valence-corrected chi connectivity index (χ2v) is 4.64. The molecule has 90 valence electrons. The molecule has 0 aliphatic rings. The molecule has 0 spiro atoms. The zero-order valence-electron chi connectivity index (χ0n) is 11.3. The molecular weight excluding hydrogens is 232 g/mol. The average Bonchev–Trinajstić information content (AvgIpc) is 2.54. The molecule has 19 heavy (non-hydrogen) atoms. The minimum absolute atomic E-state index is 0.108. The standard InChI is InChI=1S/C17H12N2/c1-11-18-10-16-14-8-3-2-6-12(14)13-7-4-5-9-15(13)17(16)19-11/h2-10H,1H3/i1D. The van der Waals surface area contributed by atoms with Crippen molar-refractivity contribution in [1.82, 2.24) is 9.97 Å². The van der Waals surface area contributed by atoms with Gasteiger partial charge in [0.15, 0.2) is 0 Å². The third-order valence-electron chi connectivity index (χ3n) is 3.53. The highest BCUT2D eigenvalue weighted by Crippen LogP contribution is 2.33. The molecule has 1 aromatic heterocycles. The summed E-state index contributed by atoms with van der Waals surface area (Å²) in [6.45, 7) is 0.108. The Hall–Kier alpha value is -2.48. The van der Waals surface area contributed by atoms with Gasteiger partial charge in [-0.3, -0.25) is 0 Å². The van der Waals surface area contributed by atoms with Crippen molar-refractivity contribution >= 4 is 32.4 Å². The van der Waals surface area contributed by atoms with Crippen LogP contribution in [0.3, 0.4) is 0 Å². The van der Waals surface area contributed by atoms with Crippen LogP contribution >= 0.6 is 0 Å². The Morgan fingerprint density at radius 1 is 0.789 bits per heavy atom. The Labute approximate surface area is 112 Å². The fraction of sp³-hybridized carbons (Fsp3) is 0.0588. The normalized spacial score (nSPS) is 12.1. The Morgan fingerprint density at radius 2 is 1.37 bits per heavy atom. The first-order valence-electron chi connectivity index (χ1n) is 6.93. The number of rotatable bonds is 0. The molecule has 0 radical (unpaired) electrons. The Balaban J connectivity index is 2.35. The smallest absolute Gasteiger partial charge is 0.125 e. The third-order valence-corrected chi connectivity index (χ3v) is 3.53. The van der Waals surface area contributed by atoms with Crippen molar-refractivity contribution in [1.29, 1.82) is 0 Å². The number of aryl methyl sites for hydroxylation is 1. The molecule has 0 bridgehead atoms. The molecule has 1 heterocycles. The van der Waals surface area contributed by atoms with E-state index in [-0.39, 0.29) is 6.90 Å². The molecule has 0 aliphatic heterocycles. The van der Waals surface area contributed by atoms with Gasteiger partial charge >= 0.3 is 0 Å².